The fourth-order valence-electron chi connectivity index (χ4n) is 3.70. The summed E-state index contributed by atoms with van der Waals surface area (Å²) >= 11 is 0. The fourth-order valence-corrected chi connectivity index (χ4v) is 3.70. The van der Waals surface area contributed by atoms with E-state index in [4.69, 9.17) is 14.9 Å². The van der Waals surface area contributed by atoms with Crippen molar-refractivity contribution in [3.05, 3.63) is 60.0 Å². The number of anilines is 3. The third-order valence-corrected chi connectivity index (χ3v) is 5.49. The lowest BCUT2D eigenvalue weighted by Gasteiger charge is -2.37. The van der Waals surface area contributed by atoms with Gasteiger partial charge in [-0.3, -0.25) is 9.48 Å². The highest BCUT2D eigenvalue weighted by Crippen LogP contribution is 2.33. The highest BCUT2D eigenvalue weighted by Gasteiger charge is 2.33. The summed E-state index contributed by atoms with van der Waals surface area (Å²) in [5.41, 5.74) is 9.50. The topological polar surface area (TPSA) is 137 Å². The number of ether oxygens (including phenoxy) is 1. The number of hydrogen-bond acceptors (Lipinski definition) is 9. The van der Waals surface area contributed by atoms with Gasteiger partial charge in [0.25, 0.3) is 11.9 Å². The van der Waals surface area contributed by atoms with E-state index in [1.165, 1.54) is 0 Å². The Morgan fingerprint density at radius 3 is 2.91 bits per heavy atom. The number of nitrogens with one attached hydrogen (secondary N) is 1. The van der Waals surface area contributed by atoms with Gasteiger partial charge in [-0.05, 0) is 30.7 Å². The Morgan fingerprint density at radius 2 is 2.18 bits per heavy atom. The monoisotopic (exact) mass is 460 g/mol. The minimum atomic E-state index is -0.648. The summed E-state index contributed by atoms with van der Waals surface area (Å²) in [5, 5.41) is 7.13. The molecule has 11 nitrogen and oxygen atoms in total. The predicted octanol–water partition coefficient (Wildman–Crippen LogP) is 2.80. The van der Waals surface area contributed by atoms with Crippen molar-refractivity contribution in [2.45, 2.75) is 12.8 Å². The Hall–Kier alpha value is -4.41. The Bertz CT molecular complexity index is 1370. The molecule has 3 aromatic heterocycles. The van der Waals surface area contributed by atoms with Gasteiger partial charge in [0.05, 0.1) is 36.6 Å². The van der Waals surface area contributed by atoms with Crippen molar-refractivity contribution >= 4 is 40.6 Å². The second-order valence-corrected chi connectivity index (χ2v) is 7.97. The number of oxazole rings is 1. The highest BCUT2D eigenvalue weighted by atomic mass is 16.5. The van der Waals surface area contributed by atoms with E-state index in [2.05, 4.69) is 25.4 Å². The number of carbonyl (C=O) groups excluding carboxylic acids is 1. The first-order valence-electron chi connectivity index (χ1n) is 10.9. The van der Waals surface area contributed by atoms with Crippen molar-refractivity contribution in [1.82, 2.24) is 24.7 Å². The first-order chi connectivity index (χ1) is 16.5. The second kappa shape index (κ2) is 8.85. The molecule has 1 aliphatic heterocycles. The van der Waals surface area contributed by atoms with Gasteiger partial charge in [0.2, 0.25) is 0 Å². The summed E-state index contributed by atoms with van der Waals surface area (Å²) in [6, 6.07) is 6.36. The SMILES string of the molecule is CCO/C=C/c1ccc2nc(N3CC(c4cnc(Nc5cnn(C)c5)c(C(N)=O)n4)C3)oc2c1. The first kappa shape index (κ1) is 21.4. The van der Waals surface area contributed by atoms with Gasteiger partial charge < -0.3 is 25.1 Å². The summed E-state index contributed by atoms with van der Waals surface area (Å²) in [6.45, 7) is 3.85. The number of aromatic nitrogens is 5. The Kier molecular flexibility index (Phi) is 5.58. The van der Waals surface area contributed by atoms with Gasteiger partial charge in [-0.15, -0.1) is 0 Å². The number of rotatable bonds is 8. The van der Waals surface area contributed by atoms with Crippen LogP contribution in [0.2, 0.25) is 0 Å². The number of fused-ring (bicyclic) bond motifs is 1. The van der Waals surface area contributed by atoms with Crippen LogP contribution in [0, 0.1) is 0 Å². The number of benzene rings is 1. The zero-order chi connectivity index (χ0) is 23.7. The molecule has 3 N–H and O–H groups in total. The van der Waals surface area contributed by atoms with E-state index in [1.807, 2.05) is 36.1 Å². The number of carbonyl (C=O) groups is 1. The third-order valence-electron chi connectivity index (χ3n) is 5.49. The first-order valence-corrected chi connectivity index (χ1v) is 10.9. The highest BCUT2D eigenvalue weighted by molar-refractivity contribution is 5.96. The van der Waals surface area contributed by atoms with Crippen LogP contribution in [0.3, 0.4) is 0 Å². The van der Waals surface area contributed by atoms with Crippen LogP contribution >= 0.6 is 0 Å². The molecule has 1 saturated heterocycles. The van der Waals surface area contributed by atoms with E-state index >= 15 is 0 Å². The van der Waals surface area contributed by atoms with Crippen LogP contribution < -0.4 is 16.0 Å². The number of nitrogens with two attached hydrogens (primary N) is 1. The van der Waals surface area contributed by atoms with Crippen molar-refractivity contribution in [3.8, 4) is 0 Å². The molecule has 5 rings (SSSR count). The van der Waals surface area contributed by atoms with Gasteiger partial charge in [-0.2, -0.15) is 10.1 Å². The van der Waals surface area contributed by atoms with Gasteiger partial charge >= 0.3 is 0 Å². The Morgan fingerprint density at radius 1 is 1.32 bits per heavy atom. The van der Waals surface area contributed by atoms with E-state index in [0.29, 0.717) is 48.5 Å². The van der Waals surface area contributed by atoms with Gasteiger partial charge in [0, 0.05) is 32.3 Å². The maximum absolute atomic E-state index is 12.0. The zero-order valence-electron chi connectivity index (χ0n) is 18.8. The molecular formula is C23H24N8O3. The lowest BCUT2D eigenvalue weighted by molar-refractivity contribution is 0.0995. The number of aryl methyl sites for hydroxylation is 1. The van der Waals surface area contributed by atoms with E-state index < -0.39 is 5.91 Å². The number of primary amides is 1. The standard InChI is InChI=1S/C23H24N8O3/c1-3-33-7-6-14-4-5-17-19(8-14)34-23(29-17)31-11-15(12-31)18-10-25-22(20(28-18)21(24)32)27-16-9-26-30(2)13-16/h4-10,13,15H,3,11-12H2,1-2H3,(H2,24,32)(H,25,27)/b7-6+. The zero-order valence-corrected chi connectivity index (χ0v) is 18.8. The molecule has 4 heterocycles. The lowest BCUT2D eigenvalue weighted by Crippen LogP contribution is -2.45. The van der Waals surface area contributed by atoms with Crippen LogP contribution in [0.15, 0.2) is 47.5 Å². The third kappa shape index (κ3) is 4.27. The summed E-state index contributed by atoms with van der Waals surface area (Å²) in [4.78, 5) is 27.5. The molecule has 0 atom stereocenters. The summed E-state index contributed by atoms with van der Waals surface area (Å²) in [7, 11) is 1.80. The molecule has 0 spiro atoms. The maximum Gasteiger partial charge on any atom is 0.298 e. The average Bonchev–Trinajstić information content (AvgIpc) is 3.39. The van der Waals surface area contributed by atoms with Crippen LogP contribution in [0.4, 0.5) is 17.5 Å². The van der Waals surface area contributed by atoms with Gasteiger partial charge in [-0.1, -0.05) is 6.07 Å². The maximum atomic E-state index is 12.0. The second-order valence-electron chi connectivity index (χ2n) is 7.97. The van der Waals surface area contributed by atoms with Crippen LogP contribution in [-0.2, 0) is 11.8 Å². The molecule has 0 bridgehead atoms. The average molecular weight is 460 g/mol. The quantitative estimate of drug-likeness (QED) is 0.380. The number of amides is 1. The molecule has 174 valence electrons. The van der Waals surface area contributed by atoms with Gasteiger partial charge in [0.1, 0.15) is 5.52 Å². The smallest absolute Gasteiger partial charge is 0.298 e. The molecular weight excluding hydrogens is 436 g/mol. The van der Waals surface area contributed by atoms with Crippen molar-refractivity contribution in [2.75, 3.05) is 29.9 Å². The predicted molar refractivity (Wildman–Crippen MR) is 127 cm³/mol. The number of nitrogens with zero attached hydrogens (tertiary/aromatic N) is 6. The van der Waals surface area contributed by atoms with Crippen LogP contribution in [-0.4, -0.2) is 50.3 Å². The van der Waals surface area contributed by atoms with Crippen LogP contribution in [0.25, 0.3) is 17.2 Å². The fraction of sp³-hybridized carbons (Fsp3) is 0.261. The molecule has 0 unspecified atom stereocenters. The molecule has 11 heteroatoms. The molecule has 1 fully saturated rings. The minimum absolute atomic E-state index is 0.0812. The van der Waals surface area contributed by atoms with E-state index in [-0.39, 0.29) is 11.6 Å². The molecule has 0 radical (unpaired) electrons. The molecule has 34 heavy (non-hydrogen) atoms. The molecule has 1 aromatic carbocycles. The molecule has 1 amide bonds. The Balaban J connectivity index is 1.29. The van der Waals surface area contributed by atoms with Crippen molar-refractivity contribution in [2.24, 2.45) is 12.8 Å². The van der Waals surface area contributed by atoms with Crippen molar-refractivity contribution in [3.63, 3.8) is 0 Å². The molecule has 0 saturated carbocycles. The number of hydrogen-bond donors (Lipinski definition) is 2. The minimum Gasteiger partial charge on any atom is -0.501 e. The van der Waals surface area contributed by atoms with Crippen LogP contribution in [0.1, 0.15) is 34.6 Å². The van der Waals surface area contributed by atoms with E-state index in [1.54, 1.807) is 36.6 Å². The summed E-state index contributed by atoms with van der Waals surface area (Å²) < 4.78 is 12.9. The van der Waals surface area contributed by atoms with Gasteiger partial charge in [0.15, 0.2) is 17.1 Å². The largest absolute Gasteiger partial charge is 0.501 e. The van der Waals surface area contributed by atoms with Crippen molar-refractivity contribution in [1.29, 1.82) is 0 Å². The van der Waals surface area contributed by atoms with E-state index in [0.717, 1.165) is 11.1 Å². The molecule has 4 aromatic rings. The molecule has 0 aliphatic carbocycles. The molecule has 1 aliphatic rings. The van der Waals surface area contributed by atoms with Gasteiger partial charge in [-0.25, -0.2) is 9.97 Å². The lowest BCUT2D eigenvalue weighted by atomic mass is 9.97. The Labute approximate surface area is 195 Å². The van der Waals surface area contributed by atoms with Crippen LogP contribution in [0.5, 0.6) is 0 Å². The normalized spacial score (nSPS) is 14.0. The van der Waals surface area contributed by atoms with E-state index in [9.17, 15) is 4.79 Å². The summed E-state index contributed by atoms with van der Waals surface area (Å²) in [5.74, 6) is -0.267. The van der Waals surface area contributed by atoms with Crippen molar-refractivity contribution < 1.29 is 13.9 Å². The summed E-state index contributed by atoms with van der Waals surface area (Å²) in [6.07, 6.45) is 8.60.